The molecular weight excluding hydrogens is 258 g/mol. The maximum atomic E-state index is 11.4. The first kappa shape index (κ1) is 15.8. The van der Waals surface area contributed by atoms with Crippen molar-refractivity contribution >= 4 is 5.78 Å². The van der Waals surface area contributed by atoms with E-state index in [1.807, 2.05) is 0 Å². The second kappa shape index (κ2) is 6.29. The minimum Gasteiger partial charge on any atom is -0.493 e. The number of rotatable bonds is 6. The monoisotopic (exact) mass is 277 g/mol. The van der Waals surface area contributed by atoms with Crippen LogP contribution in [0.15, 0.2) is 12.1 Å². The molecule has 0 heterocycles. The predicted octanol–water partition coefficient (Wildman–Crippen LogP) is 2.47. The summed E-state index contributed by atoms with van der Waals surface area (Å²) in [5.41, 5.74) is -0.275. The minimum atomic E-state index is -0.932. The Morgan fingerprint density at radius 3 is 2.00 bits per heavy atom. The molecule has 0 aromatic heterocycles. The average molecular weight is 277 g/mol. The summed E-state index contributed by atoms with van der Waals surface area (Å²) in [5, 5.41) is 9.43. The van der Waals surface area contributed by atoms with Crippen molar-refractivity contribution < 1.29 is 19.0 Å². The van der Waals surface area contributed by atoms with E-state index in [0.717, 1.165) is 0 Å². The third kappa shape index (κ3) is 3.02. The third-order valence-electron chi connectivity index (χ3n) is 3.15. The number of Topliss-reactive ketones (excluding diaryl/α,β-unsaturated/α-hetero) is 1. The van der Waals surface area contributed by atoms with E-state index in [2.05, 4.69) is 6.07 Å². The Balaban J connectivity index is 3.45. The highest BCUT2D eigenvalue weighted by Gasteiger charge is 2.30. The van der Waals surface area contributed by atoms with Crippen molar-refractivity contribution in [3.05, 3.63) is 17.7 Å². The highest BCUT2D eigenvalue weighted by Crippen LogP contribution is 2.42. The number of methoxy groups -OCH3 is 3. The Morgan fingerprint density at radius 1 is 1.20 bits per heavy atom. The van der Waals surface area contributed by atoms with Gasteiger partial charge in [0.25, 0.3) is 0 Å². The molecule has 0 radical (unpaired) electrons. The van der Waals surface area contributed by atoms with Crippen LogP contribution in [0, 0.1) is 11.3 Å². The molecule has 0 aliphatic heterocycles. The summed E-state index contributed by atoms with van der Waals surface area (Å²) < 4.78 is 15.8. The molecule has 0 aliphatic carbocycles. The van der Waals surface area contributed by atoms with Crippen LogP contribution in [0.25, 0.3) is 0 Å². The van der Waals surface area contributed by atoms with Gasteiger partial charge in [-0.25, -0.2) is 0 Å². The van der Waals surface area contributed by atoms with Gasteiger partial charge in [-0.1, -0.05) is 0 Å². The van der Waals surface area contributed by atoms with Gasteiger partial charge < -0.3 is 14.2 Å². The highest BCUT2D eigenvalue weighted by atomic mass is 16.5. The van der Waals surface area contributed by atoms with Gasteiger partial charge in [0, 0.05) is 6.42 Å². The van der Waals surface area contributed by atoms with E-state index in [1.165, 1.54) is 28.3 Å². The Kier molecular flexibility index (Phi) is 4.98. The van der Waals surface area contributed by atoms with Gasteiger partial charge in [-0.3, -0.25) is 4.79 Å². The first-order chi connectivity index (χ1) is 9.41. The maximum Gasteiger partial charge on any atom is 0.203 e. The van der Waals surface area contributed by atoms with Crippen LogP contribution < -0.4 is 14.2 Å². The lowest BCUT2D eigenvalue weighted by atomic mass is 9.79. The molecule has 0 saturated carbocycles. The summed E-state index contributed by atoms with van der Waals surface area (Å²) in [6.07, 6.45) is 0.127. The number of nitriles is 1. The number of ether oxygens (including phenoxy) is 3. The smallest absolute Gasteiger partial charge is 0.203 e. The largest absolute Gasteiger partial charge is 0.493 e. The van der Waals surface area contributed by atoms with Crippen molar-refractivity contribution in [3.8, 4) is 23.3 Å². The Morgan fingerprint density at radius 2 is 1.70 bits per heavy atom. The van der Waals surface area contributed by atoms with Crippen molar-refractivity contribution in [2.24, 2.45) is 0 Å². The van der Waals surface area contributed by atoms with Gasteiger partial charge in [0.1, 0.15) is 5.78 Å². The molecule has 0 aliphatic rings. The Labute approximate surface area is 119 Å². The molecule has 5 heteroatoms. The van der Waals surface area contributed by atoms with Crippen molar-refractivity contribution in [1.82, 2.24) is 0 Å². The topological polar surface area (TPSA) is 68.5 Å². The summed E-state index contributed by atoms with van der Waals surface area (Å²) in [6, 6.07) is 5.60. The zero-order valence-corrected chi connectivity index (χ0v) is 12.4. The number of carbonyl (C=O) groups is 1. The standard InChI is InChI=1S/C15H19NO4/c1-10(17)8-15(2,9-16)11-6-12(18-3)14(20-5)13(7-11)19-4/h6-7H,8H2,1-5H3. The van der Waals surface area contributed by atoms with E-state index < -0.39 is 5.41 Å². The van der Waals surface area contributed by atoms with Crippen LogP contribution >= 0.6 is 0 Å². The first-order valence-corrected chi connectivity index (χ1v) is 6.13. The van der Waals surface area contributed by atoms with Crippen LogP contribution in [-0.2, 0) is 10.2 Å². The van der Waals surface area contributed by atoms with E-state index in [-0.39, 0.29) is 12.2 Å². The fourth-order valence-corrected chi connectivity index (χ4v) is 2.10. The van der Waals surface area contributed by atoms with E-state index in [9.17, 15) is 10.1 Å². The normalized spacial score (nSPS) is 13.0. The summed E-state index contributed by atoms with van der Waals surface area (Å²) in [7, 11) is 4.53. The fourth-order valence-electron chi connectivity index (χ4n) is 2.10. The van der Waals surface area contributed by atoms with Crippen molar-refractivity contribution in [2.45, 2.75) is 25.7 Å². The first-order valence-electron chi connectivity index (χ1n) is 6.13. The number of nitrogens with zero attached hydrogens (tertiary/aromatic N) is 1. The van der Waals surface area contributed by atoms with Gasteiger partial charge in [0.05, 0.1) is 32.8 Å². The average Bonchev–Trinajstić information content (AvgIpc) is 2.44. The predicted molar refractivity (Wildman–Crippen MR) is 74.4 cm³/mol. The molecule has 0 amide bonds. The van der Waals surface area contributed by atoms with Crippen molar-refractivity contribution in [2.75, 3.05) is 21.3 Å². The van der Waals surface area contributed by atoms with Gasteiger partial charge in [0.15, 0.2) is 11.5 Å². The van der Waals surface area contributed by atoms with Crippen LogP contribution in [0.2, 0.25) is 0 Å². The van der Waals surface area contributed by atoms with Crippen molar-refractivity contribution in [3.63, 3.8) is 0 Å². The van der Waals surface area contributed by atoms with Crippen LogP contribution in [0.4, 0.5) is 0 Å². The summed E-state index contributed by atoms with van der Waals surface area (Å²) in [6.45, 7) is 3.18. The summed E-state index contributed by atoms with van der Waals surface area (Å²) >= 11 is 0. The lowest BCUT2D eigenvalue weighted by Crippen LogP contribution is -2.23. The van der Waals surface area contributed by atoms with E-state index >= 15 is 0 Å². The van der Waals surface area contributed by atoms with Gasteiger partial charge in [0.2, 0.25) is 5.75 Å². The van der Waals surface area contributed by atoms with Crippen LogP contribution in [0.1, 0.15) is 25.8 Å². The minimum absolute atomic E-state index is 0.0530. The quantitative estimate of drug-likeness (QED) is 0.799. The zero-order valence-electron chi connectivity index (χ0n) is 12.4. The molecule has 1 aromatic rings. The summed E-state index contributed by atoms with van der Waals surface area (Å²) in [5.74, 6) is 1.34. The number of hydrogen-bond acceptors (Lipinski definition) is 5. The molecule has 0 spiro atoms. The molecule has 108 valence electrons. The number of benzene rings is 1. The Hall–Kier alpha value is -2.22. The molecule has 1 aromatic carbocycles. The van der Waals surface area contributed by atoms with Gasteiger partial charge in [-0.05, 0) is 31.5 Å². The molecule has 1 rings (SSSR count). The fraction of sp³-hybridized carbons (Fsp3) is 0.467. The zero-order chi connectivity index (χ0) is 15.3. The lowest BCUT2D eigenvalue weighted by molar-refractivity contribution is -0.117. The lowest BCUT2D eigenvalue weighted by Gasteiger charge is -2.23. The molecule has 1 atom stereocenters. The van der Waals surface area contributed by atoms with Crippen LogP contribution in [-0.4, -0.2) is 27.1 Å². The summed E-state index contributed by atoms with van der Waals surface area (Å²) in [4.78, 5) is 11.4. The van der Waals surface area contributed by atoms with E-state index in [4.69, 9.17) is 14.2 Å². The van der Waals surface area contributed by atoms with Crippen molar-refractivity contribution in [1.29, 1.82) is 5.26 Å². The maximum absolute atomic E-state index is 11.4. The molecule has 0 saturated heterocycles. The third-order valence-corrected chi connectivity index (χ3v) is 3.15. The molecule has 0 bridgehead atoms. The number of carbonyl (C=O) groups excluding carboxylic acids is 1. The van der Waals surface area contributed by atoms with E-state index in [1.54, 1.807) is 19.1 Å². The van der Waals surface area contributed by atoms with Crippen LogP contribution in [0.3, 0.4) is 0 Å². The second-order valence-corrected chi connectivity index (χ2v) is 4.74. The molecule has 20 heavy (non-hydrogen) atoms. The molecule has 0 fully saturated rings. The molecule has 5 nitrogen and oxygen atoms in total. The molecule has 1 unspecified atom stereocenters. The number of ketones is 1. The number of hydrogen-bond donors (Lipinski definition) is 0. The van der Waals surface area contributed by atoms with Gasteiger partial charge >= 0.3 is 0 Å². The van der Waals surface area contributed by atoms with Crippen LogP contribution in [0.5, 0.6) is 17.2 Å². The van der Waals surface area contributed by atoms with E-state index in [0.29, 0.717) is 22.8 Å². The Bertz CT molecular complexity index is 522. The van der Waals surface area contributed by atoms with Gasteiger partial charge in [-0.2, -0.15) is 5.26 Å². The second-order valence-electron chi connectivity index (χ2n) is 4.74. The highest BCUT2D eigenvalue weighted by molar-refractivity contribution is 5.78. The SMILES string of the molecule is COc1cc(C(C)(C#N)CC(C)=O)cc(OC)c1OC. The molecular formula is C15H19NO4. The van der Waals surface area contributed by atoms with Gasteiger partial charge in [-0.15, -0.1) is 0 Å². The molecule has 0 N–H and O–H groups in total.